The third-order valence-electron chi connectivity index (χ3n) is 9.15. The van der Waals surface area contributed by atoms with Crippen LogP contribution in [0.3, 0.4) is 0 Å². The highest BCUT2D eigenvalue weighted by Gasteiger charge is 2.20. The minimum Gasteiger partial charge on any atom is -0.256 e. The number of nitrogens with zero attached hydrogens (tertiary/aromatic N) is 3. The zero-order valence-corrected chi connectivity index (χ0v) is 26.1. The van der Waals surface area contributed by atoms with Gasteiger partial charge in [0.15, 0.2) is 0 Å². The van der Waals surface area contributed by atoms with Gasteiger partial charge in [-0.1, -0.05) is 158 Å². The van der Waals surface area contributed by atoms with E-state index < -0.39 is 0 Å². The Labute approximate surface area is 278 Å². The van der Waals surface area contributed by atoms with Gasteiger partial charge in [-0.2, -0.15) is 0 Å². The van der Waals surface area contributed by atoms with Crippen LogP contribution >= 0.6 is 0 Å². The van der Waals surface area contributed by atoms with Crippen LogP contribution in [0, 0.1) is 0 Å². The maximum absolute atomic E-state index is 5.60. The maximum atomic E-state index is 5.60. The first-order chi connectivity index (χ1) is 23.8. The lowest BCUT2D eigenvalue weighted by atomic mass is 9.91. The molecule has 224 valence electrons. The molecule has 0 saturated carbocycles. The molecule has 0 bridgehead atoms. The number of benzene rings is 7. The molecule has 0 radical (unpaired) electrons. The third-order valence-corrected chi connectivity index (χ3v) is 9.15. The highest BCUT2D eigenvalue weighted by Crippen LogP contribution is 2.42. The summed E-state index contributed by atoms with van der Waals surface area (Å²) >= 11 is 0. The summed E-state index contributed by atoms with van der Waals surface area (Å²) in [4.78, 5) is 15.7. The molecule has 0 atom stereocenters. The zero-order valence-electron chi connectivity index (χ0n) is 26.1. The van der Waals surface area contributed by atoms with E-state index in [1.54, 1.807) is 0 Å². The van der Waals surface area contributed by atoms with Crippen LogP contribution in [0.25, 0.3) is 88.6 Å². The Morgan fingerprint density at radius 2 is 0.792 bits per heavy atom. The lowest BCUT2D eigenvalue weighted by molar-refractivity contribution is 1.29. The van der Waals surface area contributed by atoms with E-state index in [1.807, 2.05) is 30.5 Å². The average molecular weight is 612 g/mol. The van der Waals surface area contributed by atoms with Gasteiger partial charge in [-0.15, -0.1) is 0 Å². The maximum Gasteiger partial charge on any atom is 0.0979 e. The lowest BCUT2D eigenvalue weighted by Gasteiger charge is -2.17. The van der Waals surface area contributed by atoms with Crippen molar-refractivity contribution in [3.8, 4) is 56.0 Å². The number of aromatic nitrogens is 3. The van der Waals surface area contributed by atoms with Crippen molar-refractivity contribution in [3.05, 3.63) is 176 Å². The third kappa shape index (κ3) is 4.81. The Morgan fingerprint density at radius 1 is 0.312 bits per heavy atom. The molecule has 0 fully saturated rings. The van der Waals surface area contributed by atoms with Gasteiger partial charge in [0.2, 0.25) is 0 Å². The number of hydrogen-bond donors (Lipinski definition) is 0. The summed E-state index contributed by atoms with van der Waals surface area (Å²) in [5.41, 5.74) is 11.9. The Morgan fingerprint density at radius 3 is 1.35 bits per heavy atom. The number of fused-ring (bicyclic) bond motifs is 3. The lowest BCUT2D eigenvalue weighted by Crippen LogP contribution is -1.99. The van der Waals surface area contributed by atoms with E-state index in [4.69, 9.17) is 9.97 Å². The fraction of sp³-hybridized carbons (Fsp3) is 0. The molecule has 0 aliphatic heterocycles. The van der Waals surface area contributed by atoms with Gasteiger partial charge < -0.3 is 0 Å². The summed E-state index contributed by atoms with van der Waals surface area (Å²) in [6, 6.07) is 59.5. The molecule has 9 rings (SSSR count). The van der Waals surface area contributed by atoms with Crippen LogP contribution in [0.5, 0.6) is 0 Å². The molecule has 0 amide bonds. The molecule has 0 aliphatic rings. The van der Waals surface area contributed by atoms with Crippen molar-refractivity contribution in [2.75, 3.05) is 0 Å². The van der Waals surface area contributed by atoms with Gasteiger partial charge >= 0.3 is 0 Å². The monoisotopic (exact) mass is 611 g/mol. The molecule has 0 aliphatic carbocycles. The summed E-state index contributed by atoms with van der Waals surface area (Å²) in [7, 11) is 0. The van der Waals surface area contributed by atoms with Crippen molar-refractivity contribution in [1.82, 2.24) is 15.0 Å². The van der Waals surface area contributed by atoms with Crippen LogP contribution in [0.15, 0.2) is 176 Å². The average Bonchev–Trinajstić information content (AvgIpc) is 3.17. The Hall–Kier alpha value is -6.45. The van der Waals surface area contributed by atoms with Crippen molar-refractivity contribution < 1.29 is 0 Å². The molecule has 2 aromatic heterocycles. The van der Waals surface area contributed by atoms with E-state index in [2.05, 4.69) is 151 Å². The van der Waals surface area contributed by atoms with Crippen molar-refractivity contribution in [2.45, 2.75) is 0 Å². The van der Waals surface area contributed by atoms with Crippen molar-refractivity contribution in [2.24, 2.45) is 0 Å². The first kappa shape index (κ1) is 27.8. The fourth-order valence-electron chi connectivity index (χ4n) is 6.82. The van der Waals surface area contributed by atoms with Gasteiger partial charge in [-0.25, -0.2) is 9.97 Å². The summed E-state index contributed by atoms with van der Waals surface area (Å²) < 4.78 is 0. The van der Waals surface area contributed by atoms with Crippen molar-refractivity contribution in [1.29, 1.82) is 0 Å². The van der Waals surface area contributed by atoms with E-state index in [-0.39, 0.29) is 0 Å². The van der Waals surface area contributed by atoms with Crippen LogP contribution < -0.4 is 0 Å². The van der Waals surface area contributed by atoms with E-state index in [9.17, 15) is 0 Å². The van der Waals surface area contributed by atoms with Gasteiger partial charge in [0.25, 0.3) is 0 Å². The highest BCUT2D eigenvalue weighted by atomic mass is 14.8. The Bertz CT molecular complexity index is 2580. The standard InChI is InChI=1S/C45H29N3/c1-2-14-33(15-3-1)42-43(34-25-23-32(24-26-34)41-22-8-9-29-46-41)48-45-40(38-21-11-17-31-13-5-7-19-36(31)38)28-27-39(44(45)47-42)37-20-10-16-30-12-4-6-18-35(30)37/h1-29H. The van der Waals surface area contributed by atoms with Crippen LogP contribution in [-0.4, -0.2) is 15.0 Å². The summed E-state index contributed by atoms with van der Waals surface area (Å²) in [6.07, 6.45) is 1.83. The van der Waals surface area contributed by atoms with Crippen molar-refractivity contribution >= 4 is 32.6 Å². The topological polar surface area (TPSA) is 38.7 Å². The molecule has 0 N–H and O–H groups in total. The minimum absolute atomic E-state index is 0.845. The summed E-state index contributed by atoms with van der Waals surface area (Å²) in [6.45, 7) is 0. The molecule has 7 aromatic carbocycles. The molecule has 3 nitrogen and oxygen atoms in total. The van der Waals surface area contributed by atoms with E-state index >= 15 is 0 Å². The van der Waals surface area contributed by atoms with Crippen molar-refractivity contribution in [3.63, 3.8) is 0 Å². The van der Waals surface area contributed by atoms with Crippen LogP contribution in [-0.2, 0) is 0 Å². The molecular formula is C45H29N3. The number of hydrogen-bond acceptors (Lipinski definition) is 3. The molecule has 9 aromatic rings. The van der Waals surface area contributed by atoms with E-state index in [1.165, 1.54) is 21.5 Å². The van der Waals surface area contributed by atoms with Gasteiger partial charge in [0.05, 0.1) is 28.1 Å². The molecule has 2 heterocycles. The first-order valence-electron chi connectivity index (χ1n) is 16.2. The molecule has 48 heavy (non-hydrogen) atoms. The van der Waals surface area contributed by atoms with Gasteiger partial charge in [-0.05, 0) is 44.8 Å². The summed E-state index contributed by atoms with van der Waals surface area (Å²) in [5, 5.41) is 4.77. The Balaban J connectivity index is 1.37. The summed E-state index contributed by atoms with van der Waals surface area (Å²) in [5.74, 6) is 0. The SMILES string of the molecule is c1ccc(-c2nc3c(-c4cccc5ccccc45)ccc(-c4cccc5ccccc45)c3nc2-c2ccc(-c3ccccn3)cc2)cc1. The first-order valence-corrected chi connectivity index (χ1v) is 16.2. The normalized spacial score (nSPS) is 11.3. The van der Waals surface area contributed by atoms with Gasteiger partial charge in [0, 0.05) is 34.0 Å². The van der Waals surface area contributed by atoms with Gasteiger partial charge in [-0.3, -0.25) is 4.98 Å². The fourth-order valence-corrected chi connectivity index (χ4v) is 6.82. The zero-order chi connectivity index (χ0) is 31.9. The Kier molecular flexibility index (Phi) is 6.80. The molecule has 0 unspecified atom stereocenters. The number of pyridine rings is 1. The largest absolute Gasteiger partial charge is 0.256 e. The minimum atomic E-state index is 0.845. The van der Waals surface area contributed by atoms with Crippen LogP contribution in [0.1, 0.15) is 0 Å². The quantitative estimate of drug-likeness (QED) is 0.194. The van der Waals surface area contributed by atoms with Crippen LogP contribution in [0.4, 0.5) is 0 Å². The van der Waals surface area contributed by atoms with Gasteiger partial charge in [0.1, 0.15) is 0 Å². The van der Waals surface area contributed by atoms with E-state index in [0.29, 0.717) is 0 Å². The van der Waals surface area contributed by atoms with E-state index in [0.717, 1.165) is 67.1 Å². The molecule has 0 saturated heterocycles. The second kappa shape index (κ2) is 11.7. The van der Waals surface area contributed by atoms with Crippen LogP contribution in [0.2, 0.25) is 0 Å². The second-order valence-electron chi connectivity index (χ2n) is 12.0. The molecule has 0 spiro atoms. The molecule has 3 heteroatoms. The highest BCUT2D eigenvalue weighted by molar-refractivity contribution is 6.10. The smallest absolute Gasteiger partial charge is 0.0979 e. The predicted molar refractivity (Wildman–Crippen MR) is 200 cm³/mol. The molecular weight excluding hydrogens is 583 g/mol. The second-order valence-corrected chi connectivity index (χ2v) is 12.0. The number of rotatable bonds is 5. The predicted octanol–water partition coefficient (Wildman–Crippen LogP) is 11.7.